The summed E-state index contributed by atoms with van der Waals surface area (Å²) < 4.78 is 0. The van der Waals surface area contributed by atoms with Crippen LogP contribution < -0.4 is 5.32 Å². The minimum Gasteiger partial charge on any atom is -0.352 e. The molecule has 24 heavy (non-hydrogen) atoms. The monoisotopic (exact) mass is 336 g/mol. The first-order valence-electron chi connectivity index (χ1n) is 7.38. The summed E-state index contributed by atoms with van der Waals surface area (Å²) in [7, 11) is 0. The molecule has 1 aliphatic heterocycles. The van der Waals surface area contributed by atoms with Crippen LogP contribution in [0.5, 0.6) is 0 Å². The van der Waals surface area contributed by atoms with Gasteiger partial charge >= 0.3 is 0 Å². The highest BCUT2D eigenvalue weighted by Crippen LogP contribution is 2.22. The van der Waals surface area contributed by atoms with Crippen LogP contribution in [0.15, 0.2) is 18.2 Å². The average molecular weight is 336 g/mol. The number of hydrogen-bond donors (Lipinski definition) is 1. The second-order valence-corrected chi connectivity index (χ2v) is 5.35. The van der Waals surface area contributed by atoms with Crippen molar-refractivity contribution >= 4 is 23.2 Å². The predicted octanol–water partition coefficient (Wildman–Crippen LogP) is 1.25. The summed E-state index contributed by atoms with van der Waals surface area (Å²) in [5.41, 5.74) is -1.18. The van der Waals surface area contributed by atoms with E-state index in [1.807, 2.05) is 0 Å². The molecule has 0 saturated carbocycles. The zero-order chi connectivity index (χ0) is 17.7. The third-order valence-electron chi connectivity index (χ3n) is 3.65. The molecule has 0 bridgehead atoms. The van der Waals surface area contributed by atoms with Crippen molar-refractivity contribution in [1.82, 2.24) is 10.2 Å². The van der Waals surface area contributed by atoms with Crippen LogP contribution in [0.25, 0.3) is 0 Å². The van der Waals surface area contributed by atoms with Crippen molar-refractivity contribution in [3.8, 4) is 0 Å². The summed E-state index contributed by atoms with van der Waals surface area (Å²) in [4.78, 5) is 45.2. The van der Waals surface area contributed by atoms with Gasteiger partial charge in [-0.15, -0.1) is 0 Å². The van der Waals surface area contributed by atoms with Gasteiger partial charge < -0.3 is 10.2 Å². The zero-order valence-corrected chi connectivity index (χ0v) is 12.8. The molecule has 10 heteroatoms. The molecular weight excluding hydrogens is 320 g/mol. The predicted molar refractivity (Wildman–Crippen MR) is 82.5 cm³/mol. The molecule has 0 radical (unpaired) electrons. The van der Waals surface area contributed by atoms with Crippen molar-refractivity contribution in [2.24, 2.45) is 0 Å². The van der Waals surface area contributed by atoms with E-state index in [-0.39, 0.29) is 18.0 Å². The van der Waals surface area contributed by atoms with E-state index in [0.29, 0.717) is 25.9 Å². The summed E-state index contributed by atoms with van der Waals surface area (Å²) in [6, 6.07) is 2.79. The number of non-ortho nitro benzene ring substituents is 2. The first-order valence-corrected chi connectivity index (χ1v) is 7.38. The standard InChI is InChI=1S/C14H16N4O6/c19-13-3-1-5-16(13)6-2-4-15-14(20)10-7-11(17(21)22)9-12(8-10)18(23)24/h7-9H,1-6H2,(H,15,20). The van der Waals surface area contributed by atoms with Gasteiger partial charge in [0.15, 0.2) is 0 Å². The van der Waals surface area contributed by atoms with E-state index in [9.17, 15) is 29.8 Å². The molecule has 1 aromatic rings. The van der Waals surface area contributed by atoms with E-state index in [1.165, 1.54) is 0 Å². The molecule has 0 aromatic heterocycles. The number of carbonyl (C=O) groups excluding carboxylic acids is 2. The van der Waals surface area contributed by atoms with Crippen molar-refractivity contribution in [2.45, 2.75) is 19.3 Å². The Kier molecular flexibility index (Phi) is 5.40. The molecule has 128 valence electrons. The first kappa shape index (κ1) is 17.3. The van der Waals surface area contributed by atoms with Crippen LogP contribution >= 0.6 is 0 Å². The lowest BCUT2D eigenvalue weighted by Gasteiger charge is -2.15. The van der Waals surface area contributed by atoms with Crippen LogP contribution in [0, 0.1) is 20.2 Å². The Hall–Kier alpha value is -3.04. The van der Waals surface area contributed by atoms with Gasteiger partial charge in [0, 0.05) is 38.2 Å². The van der Waals surface area contributed by atoms with Crippen LogP contribution in [0.3, 0.4) is 0 Å². The minimum absolute atomic E-state index is 0.0932. The maximum Gasteiger partial charge on any atom is 0.277 e. The maximum atomic E-state index is 12.0. The molecule has 1 heterocycles. The van der Waals surface area contributed by atoms with Gasteiger partial charge in [0.05, 0.1) is 21.5 Å². The largest absolute Gasteiger partial charge is 0.352 e. The third-order valence-corrected chi connectivity index (χ3v) is 3.65. The second kappa shape index (κ2) is 7.49. The lowest BCUT2D eigenvalue weighted by molar-refractivity contribution is -0.394. The number of hydrogen-bond acceptors (Lipinski definition) is 6. The van der Waals surface area contributed by atoms with Gasteiger partial charge in [-0.3, -0.25) is 29.8 Å². The molecule has 1 saturated heterocycles. The molecule has 1 aliphatic rings. The summed E-state index contributed by atoms with van der Waals surface area (Å²) in [5.74, 6) is -0.537. The van der Waals surface area contributed by atoms with E-state index < -0.39 is 27.1 Å². The molecule has 10 nitrogen and oxygen atoms in total. The van der Waals surface area contributed by atoms with Gasteiger partial charge in [-0.2, -0.15) is 0 Å². The van der Waals surface area contributed by atoms with Crippen LogP contribution in [0.1, 0.15) is 29.6 Å². The van der Waals surface area contributed by atoms with Crippen molar-refractivity contribution in [1.29, 1.82) is 0 Å². The molecule has 1 aromatic carbocycles. The molecule has 0 spiro atoms. The lowest BCUT2D eigenvalue weighted by Crippen LogP contribution is -2.30. The van der Waals surface area contributed by atoms with Gasteiger partial charge in [0.2, 0.25) is 5.91 Å². The van der Waals surface area contributed by atoms with Crippen molar-refractivity contribution in [3.05, 3.63) is 44.0 Å². The summed E-state index contributed by atoms with van der Waals surface area (Å²) >= 11 is 0. The van der Waals surface area contributed by atoms with Crippen molar-refractivity contribution in [3.63, 3.8) is 0 Å². The molecular formula is C14H16N4O6. The van der Waals surface area contributed by atoms with E-state index in [4.69, 9.17) is 0 Å². The Labute approximate surface area is 136 Å². The lowest BCUT2D eigenvalue weighted by atomic mass is 10.1. The Balaban J connectivity index is 1.94. The third kappa shape index (κ3) is 4.24. The smallest absolute Gasteiger partial charge is 0.277 e. The van der Waals surface area contributed by atoms with Crippen LogP contribution in [0.4, 0.5) is 11.4 Å². The van der Waals surface area contributed by atoms with Crippen molar-refractivity contribution in [2.75, 3.05) is 19.6 Å². The summed E-state index contributed by atoms with van der Waals surface area (Å²) in [6.07, 6.45) is 1.92. The van der Waals surface area contributed by atoms with Gasteiger partial charge in [0.1, 0.15) is 0 Å². The van der Waals surface area contributed by atoms with Gasteiger partial charge in [-0.05, 0) is 12.8 Å². The first-order chi connectivity index (χ1) is 11.4. The number of nitrogens with zero attached hydrogens (tertiary/aromatic N) is 3. The fraction of sp³-hybridized carbons (Fsp3) is 0.429. The Morgan fingerprint density at radius 1 is 1.17 bits per heavy atom. The SMILES string of the molecule is O=C(NCCCN1CCCC1=O)c1cc([N+](=O)[O-])cc([N+](=O)[O-])c1. The van der Waals surface area contributed by atoms with E-state index in [0.717, 1.165) is 24.6 Å². The molecule has 2 rings (SSSR count). The number of nitro benzene ring substituents is 2. The second-order valence-electron chi connectivity index (χ2n) is 5.35. The van der Waals surface area contributed by atoms with E-state index >= 15 is 0 Å². The maximum absolute atomic E-state index is 12.0. The Morgan fingerprint density at radius 3 is 2.29 bits per heavy atom. The fourth-order valence-electron chi connectivity index (χ4n) is 2.45. The Bertz CT molecular complexity index is 658. The highest BCUT2D eigenvalue weighted by molar-refractivity contribution is 5.95. The number of amides is 2. The number of nitrogens with one attached hydrogen (secondary N) is 1. The molecule has 0 aliphatic carbocycles. The molecule has 2 amide bonds. The molecule has 1 N–H and O–H groups in total. The average Bonchev–Trinajstić information content (AvgIpc) is 2.96. The highest BCUT2D eigenvalue weighted by Gasteiger charge is 2.21. The van der Waals surface area contributed by atoms with Crippen molar-refractivity contribution < 1.29 is 19.4 Å². The molecule has 1 fully saturated rings. The number of likely N-dealkylation sites (tertiary alicyclic amines) is 1. The minimum atomic E-state index is -0.789. The molecule has 0 unspecified atom stereocenters. The number of benzene rings is 1. The molecule has 0 atom stereocenters. The topological polar surface area (TPSA) is 136 Å². The fourth-order valence-corrected chi connectivity index (χ4v) is 2.45. The normalized spacial score (nSPS) is 13.8. The highest BCUT2D eigenvalue weighted by atomic mass is 16.6. The van der Waals surface area contributed by atoms with Crippen LogP contribution in [0.2, 0.25) is 0 Å². The summed E-state index contributed by atoms with van der Waals surface area (Å²) in [5, 5.41) is 24.2. The number of nitro groups is 2. The number of carbonyl (C=O) groups is 2. The van der Waals surface area contributed by atoms with Crippen LogP contribution in [-0.2, 0) is 4.79 Å². The zero-order valence-electron chi connectivity index (χ0n) is 12.8. The van der Waals surface area contributed by atoms with Gasteiger partial charge in [0.25, 0.3) is 17.3 Å². The quantitative estimate of drug-likeness (QED) is 0.452. The number of rotatable bonds is 7. The van der Waals surface area contributed by atoms with Gasteiger partial charge in [-0.25, -0.2) is 0 Å². The van der Waals surface area contributed by atoms with Crippen LogP contribution in [-0.4, -0.2) is 46.2 Å². The van der Waals surface area contributed by atoms with Gasteiger partial charge in [-0.1, -0.05) is 0 Å². The van der Waals surface area contributed by atoms with E-state index in [1.54, 1.807) is 4.90 Å². The Morgan fingerprint density at radius 2 is 1.79 bits per heavy atom. The van der Waals surface area contributed by atoms with E-state index in [2.05, 4.69) is 5.32 Å². The summed E-state index contributed by atoms with van der Waals surface area (Å²) in [6.45, 7) is 1.50.